The maximum absolute atomic E-state index is 11.8. The molecule has 0 fully saturated rings. The number of halogens is 1. The summed E-state index contributed by atoms with van der Waals surface area (Å²) in [6.45, 7) is 3.76. The summed E-state index contributed by atoms with van der Waals surface area (Å²) in [6.07, 6.45) is 1.69. The molecule has 0 aliphatic heterocycles. The lowest BCUT2D eigenvalue weighted by Gasteiger charge is -2.08. The topological polar surface area (TPSA) is 58.2 Å². The molecule has 0 bridgehead atoms. The summed E-state index contributed by atoms with van der Waals surface area (Å²) in [5, 5.41) is 3.19. The summed E-state index contributed by atoms with van der Waals surface area (Å²) < 4.78 is 27.2. The minimum absolute atomic E-state index is 0.148. The largest absolute Gasteiger partial charge is 0.317 e. The molecule has 0 radical (unpaired) electrons. The monoisotopic (exact) mass is 382 g/mol. The van der Waals surface area contributed by atoms with Crippen molar-refractivity contribution in [3.05, 3.63) is 27.8 Å². The molecule has 102 valence electrons. The fourth-order valence-corrected chi connectivity index (χ4v) is 3.13. The minimum atomic E-state index is -3.23. The van der Waals surface area contributed by atoms with E-state index in [0.29, 0.717) is 12.1 Å². The number of rotatable bonds is 8. The van der Waals surface area contributed by atoms with Crippen LogP contribution in [-0.2, 0) is 10.0 Å². The van der Waals surface area contributed by atoms with Gasteiger partial charge < -0.3 is 5.32 Å². The van der Waals surface area contributed by atoms with Gasteiger partial charge in [-0.2, -0.15) is 0 Å². The molecule has 6 heteroatoms. The van der Waals surface area contributed by atoms with E-state index in [1.807, 2.05) is 18.2 Å². The fourth-order valence-electron chi connectivity index (χ4n) is 1.47. The minimum Gasteiger partial charge on any atom is -0.317 e. The first kappa shape index (κ1) is 15.7. The maximum atomic E-state index is 11.8. The molecule has 0 aromatic heterocycles. The van der Waals surface area contributed by atoms with E-state index in [0.717, 1.165) is 23.1 Å². The molecule has 18 heavy (non-hydrogen) atoms. The van der Waals surface area contributed by atoms with Crippen LogP contribution in [0.5, 0.6) is 0 Å². The number of sulfonamides is 1. The summed E-state index contributed by atoms with van der Waals surface area (Å²) in [4.78, 5) is 0. The molecule has 0 saturated heterocycles. The summed E-state index contributed by atoms with van der Waals surface area (Å²) in [5.41, 5.74) is 0.628. The SMILES string of the molecule is CCCNCCCS(=O)(=O)Nc1cccc(I)c1. The molecular weight excluding hydrogens is 363 g/mol. The normalized spacial score (nSPS) is 11.4. The maximum Gasteiger partial charge on any atom is 0.232 e. The van der Waals surface area contributed by atoms with Crippen molar-refractivity contribution in [2.75, 3.05) is 23.6 Å². The van der Waals surface area contributed by atoms with Gasteiger partial charge in [-0.3, -0.25) is 4.72 Å². The van der Waals surface area contributed by atoms with Crippen molar-refractivity contribution in [2.45, 2.75) is 19.8 Å². The first-order valence-electron chi connectivity index (χ1n) is 6.00. The van der Waals surface area contributed by atoms with E-state index in [4.69, 9.17) is 0 Å². The lowest BCUT2D eigenvalue weighted by Crippen LogP contribution is -2.22. The number of benzene rings is 1. The van der Waals surface area contributed by atoms with Gasteiger partial charge in [0, 0.05) is 9.26 Å². The molecule has 0 aliphatic carbocycles. The highest BCUT2D eigenvalue weighted by molar-refractivity contribution is 14.1. The third kappa shape index (κ3) is 6.55. The number of hydrogen-bond acceptors (Lipinski definition) is 3. The molecule has 0 aliphatic rings. The summed E-state index contributed by atoms with van der Waals surface area (Å²) >= 11 is 2.16. The first-order chi connectivity index (χ1) is 8.53. The average Bonchev–Trinajstić information content (AvgIpc) is 2.28. The Hall–Kier alpha value is -0.340. The van der Waals surface area contributed by atoms with Gasteiger partial charge in [-0.15, -0.1) is 0 Å². The van der Waals surface area contributed by atoms with Crippen LogP contribution in [0, 0.1) is 3.57 Å². The highest BCUT2D eigenvalue weighted by Gasteiger charge is 2.09. The second-order valence-corrected chi connectivity index (χ2v) is 7.12. The Balaban J connectivity index is 2.40. The number of hydrogen-bond donors (Lipinski definition) is 2. The van der Waals surface area contributed by atoms with E-state index in [9.17, 15) is 8.42 Å². The van der Waals surface area contributed by atoms with Crippen molar-refractivity contribution in [2.24, 2.45) is 0 Å². The van der Waals surface area contributed by atoms with Gasteiger partial charge in [-0.25, -0.2) is 8.42 Å². The molecule has 1 aromatic rings. The zero-order chi connectivity index (χ0) is 13.4. The third-order valence-electron chi connectivity index (χ3n) is 2.29. The van der Waals surface area contributed by atoms with Crippen molar-refractivity contribution in [3.63, 3.8) is 0 Å². The second kappa shape index (κ2) is 7.96. The van der Waals surface area contributed by atoms with E-state index < -0.39 is 10.0 Å². The molecule has 1 aromatic carbocycles. The zero-order valence-electron chi connectivity index (χ0n) is 10.4. The van der Waals surface area contributed by atoms with E-state index in [-0.39, 0.29) is 5.75 Å². The molecule has 1 rings (SSSR count). The predicted molar refractivity (Wildman–Crippen MR) is 84.3 cm³/mol. The summed E-state index contributed by atoms with van der Waals surface area (Å²) in [7, 11) is -3.23. The molecule has 0 amide bonds. The van der Waals surface area contributed by atoms with Gasteiger partial charge in [0.15, 0.2) is 0 Å². The first-order valence-corrected chi connectivity index (χ1v) is 8.73. The Morgan fingerprint density at radius 3 is 2.72 bits per heavy atom. The predicted octanol–water partition coefficient (Wildman–Crippen LogP) is 2.42. The molecule has 0 heterocycles. The Morgan fingerprint density at radius 2 is 2.06 bits per heavy atom. The van der Waals surface area contributed by atoms with Crippen molar-refractivity contribution in [1.29, 1.82) is 0 Å². The third-order valence-corrected chi connectivity index (χ3v) is 4.34. The van der Waals surface area contributed by atoms with Crippen molar-refractivity contribution in [1.82, 2.24) is 5.32 Å². The van der Waals surface area contributed by atoms with Crippen LogP contribution < -0.4 is 10.0 Å². The molecule has 0 spiro atoms. The van der Waals surface area contributed by atoms with Crippen LogP contribution in [0.3, 0.4) is 0 Å². The van der Waals surface area contributed by atoms with E-state index in [1.54, 1.807) is 6.07 Å². The van der Waals surface area contributed by atoms with Crippen molar-refractivity contribution in [3.8, 4) is 0 Å². The number of anilines is 1. The van der Waals surface area contributed by atoms with Gasteiger partial charge in [-0.05, 0) is 66.7 Å². The Bertz CT molecular complexity index is 463. The van der Waals surface area contributed by atoms with E-state index in [1.165, 1.54) is 0 Å². The Morgan fingerprint density at radius 1 is 1.28 bits per heavy atom. The lowest BCUT2D eigenvalue weighted by molar-refractivity contribution is 0.593. The van der Waals surface area contributed by atoms with Crippen LogP contribution in [0.4, 0.5) is 5.69 Å². The number of nitrogens with one attached hydrogen (secondary N) is 2. The van der Waals surface area contributed by atoms with Gasteiger partial charge in [-0.1, -0.05) is 13.0 Å². The van der Waals surface area contributed by atoms with Gasteiger partial charge >= 0.3 is 0 Å². The highest BCUT2D eigenvalue weighted by atomic mass is 127. The van der Waals surface area contributed by atoms with Gasteiger partial charge in [0.1, 0.15) is 0 Å². The van der Waals surface area contributed by atoms with Gasteiger partial charge in [0.05, 0.1) is 5.75 Å². The Labute approximate surface area is 123 Å². The van der Waals surface area contributed by atoms with Gasteiger partial charge in [0.2, 0.25) is 10.0 Å². The van der Waals surface area contributed by atoms with Gasteiger partial charge in [0.25, 0.3) is 0 Å². The lowest BCUT2D eigenvalue weighted by atomic mass is 10.3. The molecule has 2 N–H and O–H groups in total. The Kier molecular flexibility index (Phi) is 6.95. The van der Waals surface area contributed by atoms with Crippen LogP contribution >= 0.6 is 22.6 Å². The molecule has 0 saturated carbocycles. The van der Waals surface area contributed by atoms with Crippen LogP contribution in [0.1, 0.15) is 19.8 Å². The fraction of sp³-hybridized carbons (Fsp3) is 0.500. The van der Waals surface area contributed by atoms with Crippen LogP contribution in [0.25, 0.3) is 0 Å². The average molecular weight is 382 g/mol. The quantitative estimate of drug-likeness (QED) is 0.536. The highest BCUT2D eigenvalue weighted by Crippen LogP contribution is 2.14. The molecule has 4 nitrogen and oxygen atoms in total. The standard InChI is InChI=1S/C12H19IN2O2S/c1-2-7-14-8-4-9-18(16,17)15-12-6-3-5-11(13)10-12/h3,5-6,10,14-15H,2,4,7-9H2,1H3. The van der Waals surface area contributed by atoms with Crippen LogP contribution in [-0.4, -0.2) is 27.3 Å². The van der Waals surface area contributed by atoms with E-state index >= 15 is 0 Å². The van der Waals surface area contributed by atoms with E-state index in [2.05, 4.69) is 39.6 Å². The molecule has 0 unspecified atom stereocenters. The van der Waals surface area contributed by atoms with Crippen molar-refractivity contribution < 1.29 is 8.42 Å². The molecular formula is C12H19IN2O2S. The van der Waals surface area contributed by atoms with Crippen molar-refractivity contribution >= 4 is 38.3 Å². The second-order valence-electron chi connectivity index (χ2n) is 4.03. The zero-order valence-corrected chi connectivity index (χ0v) is 13.4. The van der Waals surface area contributed by atoms with Crippen LogP contribution in [0.15, 0.2) is 24.3 Å². The molecule has 0 atom stereocenters. The summed E-state index contributed by atoms with van der Waals surface area (Å²) in [5.74, 6) is 0.148. The van der Waals surface area contributed by atoms with Crippen LogP contribution in [0.2, 0.25) is 0 Å². The smallest absolute Gasteiger partial charge is 0.232 e. The summed E-state index contributed by atoms with van der Waals surface area (Å²) in [6, 6.07) is 7.33.